The summed E-state index contributed by atoms with van der Waals surface area (Å²) in [6.07, 6.45) is 8.85. The number of rotatable bonds is 4. The van der Waals surface area contributed by atoms with Crippen LogP contribution in [0.5, 0.6) is 0 Å². The summed E-state index contributed by atoms with van der Waals surface area (Å²) in [5.74, 6) is 7.01. The lowest BCUT2D eigenvalue weighted by atomic mass is 9.95. The normalized spacial score (nSPS) is 23.7. The van der Waals surface area contributed by atoms with Crippen molar-refractivity contribution in [3.05, 3.63) is 11.9 Å². The van der Waals surface area contributed by atoms with Crippen LogP contribution in [0, 0.1) is 6.92 Å². The van der Waals surface area contributed by atoms with Gasteiger partial charge in [0.15, 0.2) is 0 Å². The Morgan fingerprint density at radius 1 is 1.28 bits per heavy atom. The lowest BCUT2D eigenvalue weighted by Gasteiger charge is -2.31. The fourth-order valence-corrected chi connectivity index (χ4v) is 3.40. The summed E-state index contributed by atoms with van der Waals surface area (Å²) in [5.41, 5.74) is 3.58. The number of thioether (sulfide) groups is 1. The molecule has 5 nitrogen and oxygen atoms in total. The van der Waals surface area contributed by atoms with Crippen LogP contribution in [0.25, 0.3) is 0 Å². The van der Waals surface area contributed by atoms with Crippen molar-refractivity contribution in [3.8, 4) is 0 Å². The molecule has 2 atom stereocenters. The van der Waals surface area contributed by atoms with Crippen molar-refractivity contribution >= 4 is 23.4 Å². The van der Waals surface area contributed by atoms with Gasteiger partial charge in [0.05, 0.1) is 0 Å². The van der Waals surface area contributed by atoms with E-state index in [4.69, 9.17) is 5.84 Å². The van der Waals surface area contributed by atoms with Crippen molar-refractivity contribution in [1.82, 2.24) is 9.97 Å². The predicted molar refractivity (Wildman–Crippen MR) is 77.8 cm³/mol. The molecule has 0 bridgehead atoms. The Balaban J connectivity index is 2.12. The maximum absolute atomic E-state index is 5.43. The molecular formula is C12H21N5S. The Labute approximate surface area is 112 Å². The third kappa shape index (κ3) is 2.87. The average Bonchev–Trinajstić information content (AvgIpc) is 2.42. The van der Waals surface area contributed by atoms with E-state index in [9.17, 15) is 0 Å². The highest BCUT2D eigenvalue weighted by Gasteiger charge is 2.25. The first-order valence-electron chi connectivity index (χ1n) is 6.33. The highest BCUT2D eigenvalue weighted by atomic mass is 32.2. The molecule has 2 unspecified atom stereocenters. The number of aromatic nitrogens is 2. The topological polar surface area (TPSA) is 75.9 Å². The number of nitrogens with one attached hydrogen (secondary N) is 2. The molecule has 18 heavy (non-hydrogen) atoms. The molecule has 0 spiro atoms. The van der Waals surface area contributed by atoms with Crippen LogP contribution in [0.2, 0.25) is 0 Å². The number of hydrazine groups is 1. The number of anilines is 2. The smallest absolute Gasteiger partial charge is 0.148 e. The third-order valence-electron chi connectivity index (χ3n) is 3.55. The summed E-state index contributed by atoms with van der Waals surface area (Å²) in [7, 11) is 0. The molecule has 1 aromatic heterocycles. The van der Waals surface area contributed by atoms with E-state index in [2.05, 4.69) is 27.0 Å². The lowest BCUT2D eigenvalue weighted by molar-refractivity contribution is 0.474. The van der Waals surface area contributed by atoms with Crippen LogP contribution in [0.1, 0.15) is 31.2 Å². The molecule has 6 heteroatoms. The summed E-state index contributed by atoms with van der Waals surface area (Å²) in [5, 5.41) is 4.23. The lowest BCUT2D eigenvalue weighted by Crippen LogP contribution is -2.35. The van der Waals surface area contributed by atoms with Gasteiger partial charge in [-0.1, -0.05) is 12.8 Å². The molecule has 0 radical (unpaired) electrons. The fraction of sp³-hybridized carbons (Fsp3) is 0.667. The molecule has 0 amide bonds. The average molecular weight is 267 g/mol. The molecule has 0 aromatic carbocycles. The summed E-state index contributed by atoms with van der Waals surface area (Å²) in [6.45, 7) is 1.98. The van der Waals surface area contributed by atoms with Crippen molar-refractivity contribution in [3.63, 3.8) is 0 Å². The number of nitrogens with zero attached hydrogens (tertiary/aromatic N) is 2. The van der Waals surface area contributed by atoms with Gasteiger partial charge in [0, 0.05) is 16.9 Å². The molecule has 1 heterocycles. The number of nitrogens with two attached hydrogens (primary N) is 1. The molecule has 1 aromatic rings. The van der Waals surface area contributed by atoms with Crippen molar-refractivity contribution < 1.29 is 0 Å². The highest BCUT2D eigenvalue weighted by Crippen LogP contribution is 2.30. The Kier molecular flexibility index (Phi) is 4.66. The van der Waals surface area contributed by atoms with Crippen molar-refractivity contribution in [2.24, 2.45) is 5.84 Å². The standard InChI is InChI=1S/C12H21N5S/c1-8-11(14-7-15-12(8)17-13)16-9-5-3-4-6-10(9)18-2/h7,9-10H,3-6,13H2,1-2H3,(H2,14,15,16,17). The maximum Gasteiger partial charge on any atom is 0.148 e. The van der Waals surface area contributed by atoms with Gasteiger partial charge in [0.2, 0.25) is 0 Å². The minimum atomic E-state index is 0.493. The molecule has 0 aliphatic heterocycles. The van der Waals surface area contributed by atoms with Gasteiger partial charge in [-0.2, -0.15) is 11.8 Å². The zero-order chi connectivity index (χ0) is 13.0. The first-order chi connectivity index (χ1) is 8.76. The summed E-state index contributed by atoms with van der Waals surface area (Å²) < 4.78 is 0. The molecule has 1 aliphatic rings. The summed E-state index contributed by atoms with van der Waals surface area (Å²) in [4.78, 5) is 8.42. The highest BCUT2D eigenvalue weighted by molar-refractivity contribution is 7.99. The van der Waals surface area contributed by atoms with Gasteiger partial charge in [0.25, 0.3) is 0 Å². The Bertz CT molecular complexity index is 398. The van der Waals surface area contributed by atoms with Gasteiger partial charge in [-0.25, -0.2) is 15.8 Å². The van der Waals surface area contributed by atoms with Crippen LogP contribution in [0.15, 0.2) is 6.33 Å². The van der Waals surface area contributed by atoms with Crippen LogP contribution in [0.4, 0.5) is 11.6 Å². The van der Waals surface area contributed by atoms with Crippen LogP contribution in [0.3, 0.4) is 0 Å². The fourth-order valence-electron chi connectivity index (χ4n) is 2.46. The van der Waals surface area contributed by atoms with E-state index >= 15 is 0 Å². The minimum Gasteiger partial charge on any atom is -0.366 e. The largest absolute Gasteiger partial charge is 0.366 e. The second-order valence-electron chi connectivity index (χ2n) is 4.65. The number of hydrogen-bond donors (Lipinski definition) is 3. The van der Waals surface area contributed by atoms with Gasteiger partial charge in [-0.3, -0.25) is 0 Å². The van der Waals surface area contributed by atoms with Crippen molar-refractivity contribution in [2.45, 2.75) is 43.9 Å². The maximum atomic E-state index is 5.43. The third-order valence-corrected chi connectivity index (χ3v) is 4.72. The molecule has 1 aliphatic carbocycles. The SMILES string of the molecule is CSC1CCCCC1Nc1ncnc(NN)c1C. The quantitative estimate of drug-likeness (QED) is 0.573. The molecule has 2 rings (SSSR count). The minimum absolute atomic E-state index is 0.493. The summed E-state index contributed by atoms with van der Waals surface area (Å²) in [6, 6.07) is 0.493. The monoisotopic (exact) mass is 267 g/mol. The van der Waals surface area contributed by atoms with E-state index in [0.29, 0.717) is 17.1 Å². The van der Waals surface area contributed by atoms with Gasteiger partial charge < -0.3 is 10.7 Å². The molecule has 100 valence electrons. The van der Waals surface area contributed by atoms with E-state index in [1.54, 1.807) is 6.33 Å². The molecule has 1 fully saturated rings. The molecular weight excluding hydrogens is 246 g/mol. The first kappa shape index (κ1) is 13.4. The zero-order valence-electron chi connectivity index (χ0n) is 10.9. The van der Waals surface area contributed by atoms with Gasteiger partial charge >= 0.3 is 0 Å². The van der Waals surface area contributed by atoms with E-state index in [-0.39, 0.29) is 0 Å². The number of nitrogen functional groups attached to an aromatic ring is 1. The number of hydrogen-bond acceptors (Lipinski definition) is 6. The summed E-state index contributed by atoms with van der Waals surface area (Å²) >= 11 is 1.94. The van der Waals surface area contributed by atoms with Crippen LogP contribution in [-0.4, -0.2) is 27.5 Å². The molecule has 0 saturated heterocycles. The van der Waals surface area contributed by atoms with Crippen LogP contribution in [-0.2, 0) is 0 Å². The Hall–Kier alpha value is -1.01. The molecule has 4 N–H and O–H groups in total. The van der Waals surface area contributed by atoms with Gasteiger partial charge in [-0.15, -0.1) is 0 Å². The Morgan fingerprint density at radius 2 is 2.00 bits per heavy atom. The zero-order valence-corrected chi connectivity index (χ0v) is 11.8. The molecule has 1 saturated carbocycles. The van der Waals surface area contributed by atoms with Gasteiger partial charge in [-0.05, 0) is 26.0 Å². The van der Waals surface area contributed by atoms with E-state index in [0.717, 1.165) is 11.4 Å². The van der Waals surface area contributed by atoms with E-state index in [1.807, 2.05) is 18.7 Å². The van der Waals surface area contributed by atoms with Crippen molar-refractivity contribution in [1.29, 1.82) is 0 Å². The first-order valence-corrected chi connectivity index (χ1v) is 7.62. The van der Waals surface area contributed by atoms with E-state index in [1.165, 1.54) is 25.7 Å². The second kappa shape index (κ2) is 6.24. The van der Waals surface area contributed by atoms with Crippen LogP contribution < -0.4 is 16.6 Å². The van der Waals surface area contributed by atoms with Crippen molar-refractivity contribution in [2.75, 3.05) is 17.0 Å². The van der Waals surface area contributed by atoms with E-state index < -0.39 is 0 Å². The van der Waals surface area contributed by atoms with Crippen LogP contribution >= 0.6 is 11.8 Å². The van der Waals surface area contributed by atoms with Gasteiger partial charge in [0.1, 0.15) is 18.0 Å². The predicted octanol–water partition coefficient (Wildman–Crippen LogP) is 2.16. The Morgan fingerprint density at radius 3 is 2.72 bits per heavy atom. The second-order valence-corrected chi connectivity index (χ2v) is 5.73.